The molecule has 0 aliphatic rings. The second kappa shape index (κ2) is 47.5. The number of quaternary nitrogens is 1. The number of aliphatic carboxylic acids is 1. The number of allylic oxidation sites excluding steroid dienone is 10. The highest BCUT2D eigenvalue weighted by atomic mass is 16.6. The van der Waals surface area contributed by atoms with Gasteiger partial charge in [-0.1, -0.05) is 216 Å². The third-order valence-electron chi connectivity index (χ3n) is 11.9. The maximum Gasteiger partial charge on any atom is 0.306 e. The van der Waals surface area contributed by atoms with Gasteiger partial charge >= 0.3 is 11.9 Å². The molecule has 2 atom stereocenters. The van der Waals surface area contributed by atoms with E-state index in [9.17, 15) is 19.5 Å². The SMILES string of the molecule is CC/C=C/C/C=C/C/C=C/C/C=C/C/C=C/CCCCCC(=O)OCC(COCCC(C(=O)[O-])[N+](C)(C)C)OC(=O)CCCCCCCCCCCCCCCCCCCCCCCC. The van der Waals surface area contributed by atoms with Crippen LogP contribution < -0.4 is 5.11 Å². The van der Waals surface area contributed by atoms with Crippen molar-refractivity contribution in [2.45, 2.75) is 244 Å². The molecule has 0 saturated carbocycles. The lowest BCUT2D eigenvalue weighted by Crippen LogP contribution is -2.55. The number of carboxylic acids is 1. The smallest absolute Gasteiger partial charge is 0.306 e. The van der Waals surface area contributed by atoms with Gasteiger partial charge in [-0.05, 0) is 57.8 Å². The van der Waals surface area contributed by atoms with Gasteiger partial charge in [0.05, 0.1) is 40.3 Å². The maximum atomic E-state index is 12.8. The Hall–Kier alpha value is -2.97. The van der Waals surface area contributed by atoms with E-state index in [1.165, 1.54) is 122 Å². The molecule has 0 heterocycles. The minimum atomic E-state index is -1.13. The molecule has 8 nitrogen and oxygen atoms in total. The van der Waals surface area contributed by atoms with E-state index in [1.807, 2.05) is 0 Å². The summed E-state index contributed by atoms with van der Waals surface area (Å²) in [5.41, 5.74) is 0. The Bertz CT molecular complexity index is 1250. The van der Waals surface area contributed by atoms with Gasteiger partial charge in [0, 0.05) is 19.3 Å². The summed E-state index contributed by atoms with van der Waals surface area (Å²) in [6.45, 7) is 4.54. The van der Waals surface area contributed by atoms with Gasteiger partial charge in [0.1, 0.15) is 12.6 Å². The Morgan fingerprint density at radius 1 is 0.477 bits per heavy atom. The second-order valence-corrected chi connectivity index (χ2v) is 19.1. The number of carboxylic acid groups (broad SMARTS) is 1. The average molecular weight is 912 g/mol. The summed E-state index contributed by atoms with van der Waals surface area (Å²) in [7, 11) is 5.41. The number of unbranched alkanes of at least 4 members (excludes halogenated alkanes) is 24. The van der Waals surface area contributed by atoms with E-state index in [1.54, 1.807) is 21.1 Å². The number of carbonyl (C=O) groups excluding carboxylic acids is 3. The molecular formula is C57H101NO7. The Kier molecular flexibility index (Phi) is 45.3. The fourth-order valence-corrected chi connectivity index (χ4v) is 7.81. The van der Waals surface area contributed by atoms with Gasteiger partial charge in [-0.25, -0.2) is 0 Å². The number of ether oxygens (including phenoxy) is 3. The fraction of sp³-hybridized carbons (Fsp3) is 0.772. The van der Waals surface area contributed by atoms with E-state index in [0.717, 1.165) is 77.0 Å². The monoisotopic (exact) mass is 912 g/mol. The zero-order chi connectivity index (χ0) is 47.7. The Morgan fingerprint density at radius 2 is 0.862 bits per heavy atom. The predicted octanol–water partition coefficient (Wildman–Crippen LogP) is 14.4. The Morgan fingerprint density at radius 3 is 1.28 bits per heavy atom. The fourth-order valence-electron chi connectivity index (χ4n) is 7.81. The summed E-state index contributed by atoms with van der Waals surface area (Å²) in [5.74, 6) is -1.77. The van der Waals surface area contributed by atoms with Crippen molar-refractivity contribution >= 4 is 17.9 Å². The molecule has 0 bridgehead atoms. The third-order valence-corrected chi connectivity index (χ3v) is 11.9. The number of rotatable bonds is 48. The third kappa shape index (κ3) is 46.0. The molecule has 0 aliphatic carbocycles. The maximum absolute atomic E-state index is 12.8. The van der Waals surface area contributed by atoms with Crippen LogP contribution in [-0.4, -0.2) is 75.5 Å². The molecule has 0 aromatic heterocycles. The standard InChI is InChI=1S/C57H101NO7/c1-6-8-10-12-14-16-18-20-22-24-26-27-28-30-32-34-36-38-40-42-44-46-48-56(60)65-53(51-63-50-49-54(57(61)62)58(3,4)5)52-64-55(59)47-45-43-41-39-37-35-33-31-29-25-23-21-19-17-15-13-11-9-7-2/h9,11,15,17,21,23,29,31,35,37,53-54H,6-8,10,12-14,16,18-20,22,24-28,30,32-34,36,38-52H2,1-5H3/b11-9+,17-15+,23-21+,31-29+,37-35+. The molecule has 0 spiro atoms. The van der Waals surface area contributed by atoms with E-state index in [4.69, 9.17) is 14.2 Å². The molecule has 0 aromatic rings. The van der Waals surface area contributed by atoms with Gasteiger partial charge in [-0.2, -0.15) is 0 Å². The molecule has 0 saturated heterocycles. The molecule has 0 aromatic carbocycles. The van der Waals surface area contributed by atoms with E-state index in [0.29, 0.717) is 12.8 Å². The summed E-state index contributed by atoms with van der Waals surface area (Å²) in [6.07, 6.45) is 59.7. The zero-order valence-corrected chi connectivity index (χ0v) is 42.9. The highest BCUT2D eigenvalue weighted by molar-refractivity contribution is 5.70. The van der Waals surface area contributed by atoms with E-state index in [-0.39, 0.29) is 42.7 Å². The van der Waals surface area contributed by atoms with Crippen molar-refractivity contribution in [2.75, 3.05) is 41.0 Å². The largest absolute Gasteiger partial charge is 0.544 e. The van der Waals surface area contributed by atoms with Crippen molar-refractivity contribution in [1.82, 2.24) is 0 Å². The number of hydrogen-bond acceptors (Lipinski definition) is 7. The first kappa shape index (κ1) is 62.0. The lowest BCUT2D eigenvalue weighted by atomic mass is 10.0. The molecule has 8 heteroatoms. The average Bonchev–Trinajstić information content (AvgIpc) is 3.27. The second-order valence-electron chi connectivity index (χ2n) is 19.1. The van der Waals surface area contributed by atoms with Crippen LogP contribution in [0.1, 0.15) is 232 Å². The molecule has 0 N–H and O–H groups in total. The summed E-state index contributed by atoms with van der Waals surface area (Å²) in [4.78, 5) is 37.1. The van der Waals surface area contributed by atoms with Gasteiger partial charge in [0.2, 0.25) is 0 Å². The van der Waals surface area contributed by atoms with E-state index in [2.05, 4.69) is 74.6 Å². The van der Waals surface area contributed by atoms with Gasteiger partial charge in [0.25, 0.3) is 0 Å². The van der Waals surface area contributed by atoms with Crippen LogP contribution >= 0.6 is 0 Å². The number of carbonyl (C=O) groups is 3. The lowest BCUT2D eigenvalue weighted by molar-refractivity contribution is -0.889. The summed E-state index contributed by atoms with van der Waals surface area (Å²) in [5, 5.41) is 11.7. The Labute approximate surface area is 400 Å². The predicted molar refractivity (Wildman–Crippen MR) is 273 cm³/mol. The molecule has 2 unspecified atom stereocenters. The van der Waals surface area contributed by atoms with Crippen molar-refractivity contribution in [3.8, 4) is 0 Å². The van der Waals surface area contributed by atoms with Crippen molar-refractivity contribution in [3.05, 3.63) is 60.8 Å². The highest BCUT2D eigenvalue weighted by Gasteiger charge is 2.25. The number of hydrogen-bond donors (Lipinski definition) is 0. The van der Waals surface area contributed by atoms with E-state index >= 15 is 0 Å². The number of esters is 2. The lowest BCUT2D eigenvalue weighted by Gasteiger charge is -2.34. The molecule has 0 aliphatic heterocycles. The van der Waals surface area contributed by atoms with Crippen LogP contribution in [0.4, 0.5) is 0 Å². The van der Waals surface area contributed by atoms with Gasteiger partial charge in [0.15, 0.2) is 6.10 Å². The van der Waals surface area contributed by atoms with Crippen LogP contribution in [-0.2, 0) is 28.6 Å². The molecule has 0 fully saturated rings. The van der Waals surface area contributed by atoms with Crippen LogP contribution in [0.25, 0.3) is 0 Å². The van der Waals surface area contributed by atoms with Crippen molar-refractivity contribution in [1.29, 1.82) is 0 Å². The van der Waals surface area contributed by atoms with Crippen LogP contribution in [0.15, 0.2) is 60.8 Å². The van der Waals surface area contributed by atoms with Crippen molar-refractivity contribution < 1.29 is 38.2 Å². The first-order chi connectivity index (χ1) is 31.6. The highest BCUT2D eigenvalue weighted by Crippen LogP contribution is 2.16. The van der Waals surface area contributed by atoms with Gasteiger partial charge in [-0.15, -0.1) is 0 Å². The normalized spacial score (nSPS) is 13.3. The molecule has 65 heavy (non-hydrogen) atoms. The Balaban J connectivity index is 4.25. The first-order valence-corrected chi connectivity index (χ1v) is 26.8. The summed E-state index contributed by atoms with van der Waals surface area (Å²) < 4.78 is 17.2. The molecule has 0 radical (unpaired) electrons. The van der Waals surface area contributed by atoms with Crippen LogP contribution in [0.3, 0.4) is 0 Å². The molecule has 376 valence electrons. The summed E-state index contributed by atoms with van der Waals surface area (Å²) >= 11 is 0. The number of likely N-dealkylation sites (N-methyl/N-ethyl adjacent to an activating group) is 1. The molecule has 0 amide bonds. The summed E-state index contributed by atoms with van der Waals surface area (Å²) in [6, 6.07) is -0.733. The van der Waals surface area contributed by atoms with Crippen LogP contribution in [0.5, 0.6) is 0 Å². The topological polar surface area (TPSA) is 102 Å². The minimum Gasteiger partial charge on any atom is -0.544 e. The van der Waals surface area contributed by atoms with E-state index < -0.39 is 18.1 Å². The first-order valence-electron chi connectivity index (χ1n) is 26.8. The quantitative estimate of drug-likeness (QED) is 0.0259. The molecular weight excluding hydrogens is 811 g/mol. The van der Waals surface area contributed by atoms with Gasteiger partial charge < -0.3 is 28.6 Å². The van der Waals surface area contributed by atoms with Crippen molar-refractivity contribution in [2.24, 2.45) is 0 Å². The van der Waals surface area contributed by atoms with Gasteiger partial charge in [-0.3, -0.25) is 9.59 Å². The van der Waals surface area contributed by atoms with Crippen LogP contribution in [0.2, 0.25) is 0 Å². The van der Waals surface area contributed by atoms with Crippen LogP contribution in [0, 0.1) is 0 Å². The minimum absolute atomic E-state index is 0.0303. The number of nitrogens with zero attached hydrogens (tertiary/aromatic N) is 1. The van der Waals surface area contributed by atoms with Crippen molar-refractivity contribution in [3.63, 3.8) is 0 Å². The zero-order valence-electron chi connectivity index (χ0n) is 42.9. The molecule has 0 rings (SSSR count).